The molecule has 28 heavy (non-hydrogen) atoms. The van der Waals surface area contributed by atoms with Gasteiger partial charge in [-0.2, -0.15) is 5.10 Å². The molecule has 1 unspecified atom stereocenters. The number of rotatable bonds is 6. The smallest absolute Gasteiger partial charge is 0.254 e. The molecule has 5 heteroatoms. The molecule has 1 aromatic heterocycles. The van der Waals surface area contributed by atoms with Gasteiger partial charge in [0.1, 0.15) is 0 Å². The summed E-state index contributed by atoms with van der Waals surface area (Å²) in [5, 5.41) is 7.56. The predicted molar refractivity (Wildman–Crippen MR) is 111 cm³/mol. The molecule has 0 bridgehead atoms. The van der Waals surface area contributed by atoms with Crippen LogP contribution in [0.1, 0.15) is 40.5 Å². The molecule has 0 radical (unpaired) electrons. The summed E-state index contributed by atoms with van der Waals surface area (Å²) in [6.07, 6.45) is 4.10. The molecule has 0 spiro atoms. The highest BCUT2D eigenvalue weighted by Gasteiger charge is 2.24. The van der Waals surface area contributed by atoms with Gasteiger partial charge in [-0.05, 0) is 50.6 Å². The summed E-state index contributed by atoms with van der Waals surface area (Å²) in [6, 6.07) is 20.5. The summed E-state index contributed by atoms with van der Waals surface area (Å²) in [4.78, 5) is 15.3. The molecule has 1 atom stereocenters. The second-order valence-corrected chi connectivity index (χ2v) is 7.27. The van der Waals surface area contributed by atoms with E-state index in [0.29, 0.717) is 12.1 Å². The Morgan fingerprint density at radius 3 is 2.36 bits per heavy atom. The number of hydrogen-bond donors (Lipinski definition) is 1. The topological polar surface area (TPSA) is 50.2 Å². The van der Waals surface area contributed by atoms with Crippen LogP contribution in [0.4, 0.5) is 0 Å². The first-order chi connectivity index (χ1) is 13.7. The monoisotopic (exact) mass is 374 g/mol. The van der Waals surface area contributed by atoms with Crippen molar-refractivity contribution in [3.8, 4) is 5.69 Å². The summed E-state index contributed by atoms with van der Waals surface area (Å²) in [7, 11) is 0. The number of nitrogens with zero attached hydrogens (tertiary/aromatic N) is 3. The minimum atomic E-state index is -0.0696. The zero-order valence-electron chi connectivity index (χ0n) is 16.2. The summed E-state index contributed by atoms with van der Waals surface area (Å²) in [5.41, 5.74) is 3.68. The van der Waals surface area contributed by atoms with E-state index in [4.69, 9.17) is 0 Å². The maximum absolute atomic E-state index is 12.9. The van der Waals surface area contributed by atoms with Gasteiger partial charge >= 0.3 is 0 Å². The van der Waals surface area contributed by atoms with Crippen LogP contribution in [0.25, 0.3) is 5.69 Å². The van der Waals surface area contributed by atoms with E-state index in [9.17, 15) is 4.79 Å². The Bertz CT molecular complexity index is 914. The van der Waals surface area contributed by atoms with Gasteiger partial charge in [0.2, 0.25) is 0 Å². The van der Waals surface area contributed by atoms with Gasteiger partial charge in [-0.1, -0.05) is 48.5 Å². The Labute approximate surface area is 166 Å². The number of nitrogens with one attached hydrogen (secondary N) is 1. The Morgan fingerprint density at radius 1 is 1.04 bits per heavy atom. The number of hydrogen-bond acceptors (Lipinski definition) is 3. The van der Waals surface area contributed by atoms with Crippen molar-refractivity contribution in [1.29, 1.82) is 0 Å². The number of likely N-dealkylation sites (tertiary alicyclic amines) is 1. The first-order valence-corrected chi connectivity index (χ1v) is 9.91. The average Bonchev–Trinajstić information content (AvgIpc) is 3.40. The fraction of sp³-hybridized carbons (Fsp3) is 0.304. The number of aromatic nitrogens is 2. The lowest BCUT2D eigenvalue weighted by Gasteiger charge is -2.28. The lowest BCUT2D eigenvalue weighted by molar-refractivity contribution is 0.0937. The highest BCUT2D eigenvalue weighted by Crippen LogP contribution is 2.24. The first-order valence-electron chi connectivity index (χ1n) is 9.91. The largest absolute Gasteiger partial charge is 0.350 e. The molecule has 1 saturated heterocycles. The molecule has 0 saturated carbocycles. The fourth-order valence-electron chi connectivity index (χ4n) is 3.93. The van der Waals surface area contributed by atoms with E-state index in [-0.39, 0.29) is 11.9 Å². The minimum absolute atomic E-state index is 0.0696. The van der Waals surface area contributed by atoms with Crippen LogP contribution in [-0.4, -0.2) is 40.2 Å². The first kappa shape index (κ1) is 18.4. The Balaban J connectivity index is 1.49. The Hall–Kier alpha value is -2.92. The van der Waals surface area contributed by atoms with E-state index in [2.05, 4.69) is 39.6 Å². The van der Waals surface area contributed by atoms with Crippen LogP contribution in [0.5, 0.6) is 0 Å². The minimum Gasteiger partial charge on any atom is -0.350 e. The zero-order chi connectivity index (χ0) is 19.3. The third kappa shape index (κ3) is 3.85. The van der Waals surface area contributed by atoms with Crippen molar-refractivity contribution < 1.29 is 4.79 Å². The lowest BCUT2D eigenvalue weighted by Crippen LogP contribution is -2.36. The summed E-state index contributed by atoms with van der Waals surface area (Å²) >= 11 is 0. The molecule has 4 rings (SSSR count). The number of para-hydroxylation sites is 1. The third-order valence-electron chi connectivity index (χ3n) is 5.48. The van der Waals surface area contributed by atoms with Gasteiger partial charge in [0, 0.05) is 6.54 Å². The number of carbonyl (C=O) groups excluding carboxylic acids is 1. The maximum Gasteiger partial charge on any atom is 0.254 e. The van der Waals surface area contributed by atoms with Crippen molar-refractivity contribution in [3.05, 3.63) is 83.7 Å². The molecule has 3 aromatic rings. The molecule has 0 aliphatic carbocycles. The van der Waals surface area contributed by atoms with Crippen LogP contribution >= 0.6 is 0 Å². The van der Waals surface area contributed by atoms with Crippen molar-refractivity contribution in [2.75, 3.05) is 19.6 Å². The van der Waals surface area contributed by atoms with Crippen molar-refractivity contribution in [2.45, 2.75) is 25.8 Å². The molecular weight excluding hydrogens is 348 g/mol. The van der Waals surface area contributed by atoms with Crippen LogP contribution in [0.15, 0.2) is 66.9 Å². The second kappa shape index (κ2) is 8.40. The zero-order valence-corrected chi connectivity index (χ0v) is 16.2. The number of carbonyl (C=O) groups is 1. The number of amides is 1. The van der Waals surface area contributed by atoms with Crippen molar-refractivity contribution in [3.63, 3.8) is 0 Å². The molecule has 5 nitrogen and oxygen atoms in total. The lowest BCUT2D eigenvalue weighted by atomic mass is 10.1. The van der Waals surface area contributed by atoms with Gasteiger partial charge in [-0.25, -0.2) is 4.68 Å². The highest BCUT2D eigenvalue weighted by atomic mass is 16.1. The van der Waals surface area contributed by atoms with Crippen LogP contribution in [-0.2, 0) is 0 Å². The molecule has 1 aliphatic heterocycles. The Kier molecular flexibility index (Phi) is 5.53. The van der Waals surface area contributed by atoms with Gasteiger partial charge in [0.15, 0.2) is 0 Å². The summed E-state index contributed by atoms with van der Waals surface area (Å²) < 4.78 is 1.81. The van der Waals surface area contributed by atoms with E-state index < -0.39 is 0 Å². The predicted octanol–water partition coefficient (Wildman–Crippen LogP) is 3.75. The van der Waals surface area contributed by atoms with Gasteiger partial charge in [-0.3, -0.25) is 9.69 Å². The standard InChI is InChI=1S/C23H26N4O/c1-18-21(16-25-27(18)20-12-6-3-7-13-20)23(28)24-17-22(26-14-8-9-15-26)19-10-4-2-5-11-19/h2-7,10-13,16,22H,8-9,14-15,17H2,1H3,(H,24,28). The Morgan fingerprint density at radius 2 is 1.68 bits per heavy atom. The highest BCUT2D eigenvalue weighted by molar-refractivity contribution is 5.95. The van der Waals surface area contributed by atoms with E-state index >= 15 is 0 Å². The third-order valence-corrected chi connectivity index (χ3v) is 5.48. The molecule has 2 aromatic carbocycles. The molecule has 1 fully saturated rings. The molecule has 144 valence electrons. The van der Waals surface area contributed by atoms with E-state index in [1.165, 1.54) is 18.4 Å². The molecule has 1 amide bonds. The molecule has 1 aliphatic rings. The average molecular weight is 374 g/mol. The van der Waals surface area contributed by atoms with Crippen LogP contribution in [0.2, 0.25) is 0 Å². The second-order valence-electron chi connectivity index (χ2n) is 7.27. The summed E-state index contributed by atoms with van der Waals surface area (Å²) in [5.74, 6) is -0.0696. The van der Waals surface area contributed by atoms with E-state index in [0.717, 1.165) is 24.5 Å². The quantitative estimate of drug-likeness (QED) is 0.715. The molecule has 2 heterocycles. The SMILES string of the molecule is Cc1c(C(=O)NCC(c2ccccc2)N2CCCC2)cnn1-c1ccccc1. The van der Waals surface area contributed by atoms with Crippen molar-refractivity contribution in [1.82, 2.24) is 20.0 Å². The maximum atomic E-state index is 12.9. The van der Waals surface area contributed by atoms with Gasteiger partial charge in [-0.15, -0.1) is 0 Å². The van der Waals surface area contributed by atoms with E-state index in [1.807, 2.05) is 48.0 Å². The van der Waals surface area contributed by atoms with Gasteiger partial charge < -0.3 is 5.32 Å². The molecule has 1 N–H and O–H groups in total. The van der Waals surface area contributed by atoms with Crippen LogP contribution in [0.3, 0.4) is 0 Å². The van der Waals surface area contributed by atoms with Crippen molar-refractivity contribution >= 4 is 5.91 Å². The van der Waals surface area contributed by atoms with Gasteiger partial charge in [0.25, 0.3) is 5.91 Å². The normalized spacial score (nSPS) is 15.5. The fourth-order valence-corrected chi connectivity index (χ4v) is 3.93. The van der Waals surface area contributed by atoms with Crippen LogP contribution in [0, 0.1) is 6.92 Å². The molecular formula is C23H26N4O. The van der Waals surface area contributed by atoms with Crippen LogP contribution < -0.4 is 5.32 Å². The van der Waals surface area contributed by atoms with Gasteiger partial charge in [0.05, 0.1) is 29.2 Å². The number of benzene rings is 2. The summed E-state index contributed by atoms with van der Waals surface area (Å²) in [6.45, 7) is 4.70. The van der Waals surface area contributed by atoms with Crippen molar-refractivity contribution in [2.24, 2.45) is 0 Å². The van der Waals surface area contributed by atoms with E-state index in [1.54, 1.807) is 6.20 Å².